The predicted octanol–water partition coefficient (Wildman–Crippen LogP) is 2.64. The van der Waals surface area contributed by atoms with E-state index < -0.39 is 17.2 Å². The standard InChI is InChI=1S/C12H9BrF2N2O/c1-7-2-5-11(18)17(16-7)6-8-10(14)4-3-9(13)12(8)15/h2-5H,6H2,1H3. The maximum Gasteiger partial charge on any atom is 0.267 e. The third-order valence-corrected chi connectivity index (χ3v) is 3.06. The van der Waals surface area contributed by atoms with Gasteiger partial charge in [-0.05, 0) is 41.1 Å². The first-order valence-electron chi connectivity index (χ1n) is 5.16. The van der Waals surface area contributed by atoms with Crippen molar-refractivity contribution in [2.75, 3.05) is 0 Å². The van der Waals surface area contributed by atoms with Crippen molar-refractivity contribution in [3.05, 3.63) is 62.0 Å². The van der Waals surface area contributed by atoms with Crippen molar-refractivity contribution in [2.45, 2.75) is 13.5 Å². The molecule has 0 radical (unpaired) electrons. The number of hydrogen-bond donors (Lipinski definition) is 0. The molecule has 1 heterocycles. The molecule has 0 saturated carbocycles. The molecule has 3 nitrogen and oxygen atoms in total. The molecule has 0 saturated heterocycles. The maximum absolute atomic E-state index is 13.8. The lowest BCUT2D eigenvalue weighted by Gasteiger charge is -2.08. The van der Waals surface area contributed by atoms with Crippen LogP contribution in [0.4, 0.5) is 8.78 Å². The Morgan fingerprint density at radius 1 is 1.28 bits per heavy atom. The molecule has 6 heteroatoms. The molecule has 0 bridgehead atoms. The average Bonchev–Trinajstić information content (AvgIpc) is 2.34. The van der Waals surface area contributed by atoms with Gasteiger partial charge >= 0.3 is 0 Å². The maximum atomic E-state index is 13.8. The molecule has 0 amide bonds. The molecule has 0 spiro atoms. The fourth-order valence-corrected chi connectivity index (χ4v) is 1.90. The first kappa shape index (κ1) is 12.9. The monoisotopic (exact) mass is 314 g/mol. The van der Waals surface area contributed by atoms with Crippen LogP contribution in [0.2, 0.25) is 0 Å². The van der Waals surface area contributed by atoms with E-state index in [1.807, 2.05) is 0 Å². The van der Waals surface area contributed by atoms with Gasteiger partial charge in [-0.25, -0.2) is 13.5 Å². The van der Waals surface area contributed by atoms with E-state index in [-0.39, 0.29) is 16.6 Å². The minimum atomic E-state index is -0.717. The van der Waals surface area contributed by atoms with Crippen LogP contribution in [0.3, 0.4) is 0 Å². The van der Waals surface area contributed by atoms with Gasteiger partial charge in [0.15, 0.2) is 0 Å². The highest BCUT2D eigenvalue weighted by molar-refractivity contribution is 9.10. The van der Waals surface area contributed by atoms with Gasteiger partial charge in [0.1, 0.15) is 11.6 Å². The SMILES string of the molecule is Cc1ccc(=O)n(Cc2c(F)ccc(Br)c2F)n1. The van der Waals surface area contributed by atoms with Crippen molar-refractivity contribution in [1.29, 1.82) is 0 Å². The van der Waals surface area contributed by atoms with Gasteiger partial charge in [0.05, 0.1) is 16.7 Å². The molecule has 0 unspecified atom stereocenters. The van der Waals surface area contributed by atoms with Crippen molar-refractivity contribution < 1.29 is 8.78 Å². The van der Waals surface area contributed by atoms with Crippen LogP contribution in [0.1, 0.15) is 11.3 Å². The van der Waals surface area contributed by atoms with E-state index in [0.29, 0.717) is 5.69 Å². The molecule has 2 aromatic rings. The van der Waals surface area contributed by atoms with Crippen LogP contribution < -0.4 is 5.56 Å². The molecule has 0 aliphatic carbocycles. The highest BCUT2D eigenvalue weighted by atomic mass is 79.9. The molecule has 1 aromatic carbocycles. The molecule has 2 rings (SSSR count). The lowest BCUT2D eigenvalue weighted by molar-refractivity contribution is 0.519. The van der Waals surface area contributed by atoms with Gasteiger partial charge in [-0.3, -0.25) is 4.79 Å². The Morgan fingerprint density at radius 3 is 2.72 bits per heavy atom. The third-order valence-electron chi connectivity index (χ3n) is 2.45. The number of hydrogen-bond acceptors (Lipinski definition) is 2. The first-order valence-corrected chi connectivity index (χ1v) is 5.95. The predicted molar refractivity (Wildman–Crippen MR) is 66.4 cm³/mol. The highest BCUT2D eigenvalue weighted by Crippen LogP contribution is 2.21. The summed E-state index contributed by atoms with van der Waals surface area (Å²) in [5.41, 5.74) is 0.00867. The summed E-state index contributed by atoms with van der Waals surface area (Å²) in [6.07, 6.45) is 0. The summed E-state index contributed by atoms with van der Waals surface area (Å²) in [4.78, 5) is 11.5. The summed E-state index contributed by atoms with van der Waals surface area (Å²) in [5, 5.41) is 3.94. The van der Waals surface area contributed by atoms with Crippen LogP contribution in [-0.4, -0.2) is 9.78 Å². The Bertz CT molecular complexity index is 655. The van der Waals surface area contributed by atoms with E-state index >= 15 is 0 Å². The summed E-state index contributed by atoms with van der Waals surface area (Å²) < 4.78 is 28.5. The molecule has 18 heavy (non-hydrogen) atoms. The van der Waals surface area contributed by atoms with Crippen molar-refractivity contribution in [3.63, 3.8) is 0 Å². The lowest BCUT2D eigenvalue weighted by atomic mass is 10.2. The van der Waals surface area contributed by atoms with Crippen LogP contribution in [0.5, 0.6) is 0 Å². The number of halogens is 3. The number of rotatable bonds is 2. The Hall–Kier alpha value is -1.56. The van der Waals surface area contributed by atoms with Gasteiger partial charge in [-0.15, -0.1) is 0 Å². The van der Waals surface area contributed by atoms with Crippen LogP contribution in [0.15, 0.2) is 33.5 Å². The molecular weight excluding hydrogens is 306 g/mol. The van der Waals surface area contributed by atoms with Crippen LogP contribution in [0.25, 0.3) is 0 Å². The highest BCUT2D eigenvalue weighted by Gasteiger charge is 2.13. The average molecular weight is 315 g/mol. The van der Waals surface area contributed by atoms with Crippen molar-refractivity contribution >= 4 is 15.9 Å². The summed E-state index contributed by atoms with van der Waals surface area (Å²) in [5.74, 6) is -1.42. The Morgan fingerprint density at radius 2 is 2.00 bits per heavy atom. The second kappa shape index (κ2) is 4.97. The molecule has 0 fully saturated rings. The fourth-order valence-electron chi connectivity index (χ4n) is 1.53. The number of aromatic nitrogens is 2. The second-order valence-electron chi connectivity index (χ2n) is 3.79. The topological polar surface area (TPSA) is 34.9 Å². The first-order chi connectivity index (χ1) is 8.49. The summed E-state index contributed by atoms with van der Waals surface area (Å²) in [7, 11) is 0. The minimum absolute atomic E-state index is 0.152. The van der Waals surface area contributed by atoms with Crippen LogP contribution >= 0.6 is 15.9 Å². The summed E-state index contributed by atoms with van der Waals surface area (Å²) >= 11 is 2.98. The van der Waals surface area contributed by atoms with Gasteiger partial charge in [-0.2, -0.15) is 5.10 Å². The molecule has 0 atom stereocenters. The van der Waals surface area contributed by atoms with E-state index in [2.05, 4.69) is 21.0 Å². The third kappa shape index (κ3) is 2.48. The van der Waals surface area contributed by atoms with Gasteiger partial charge in [0.25, 0.3) is 5.56 Å². The van der Waals surface area contributed by atoms with E-state index in [0.717, 1.165) is 10.7 Å². The molecule has 1 aromatic heterocycles. The molecule has 0 aliphatic heterocycles. The molecule has 94 valence electrons. The van der Waals surface area contributed by atoms with Crippen molar-refractivity contribution in [3.8, 4) is 0 Å². The van der Waals surface area contributed by atoms with E-state index in [4.69, 9.17) is 0 Å². The Labute approximate surface area is 110 Å². The van der Waals surface area contributed by atoms with Crippen LogP contribution in [-0.2, 0) is 6.54 Å². The number of nitrogens with zero attached hydrogens (tertiary/aromatic N) is 2. The second-order valence-corrected chi connectivity index (χ2v) is 4.65. The summed E-state index contributed by atoms with van der Waals surface area (Å²) in [6, 6.07) is 5.28. The minimum Gasteiger partial charge on any atom is -0.268 e. The molecule has 0 aliphatic rings. The zero-order valence-corrected chi connectivity index (χ0v) is 11.0. The molecule has 0 N–H and O–H groups in total. The van der Waals surface area contributed by atoms with E-state index in [1.54, 1.807) is 13.0 Å². The van der Waals surface area contributed by atoms with Gasteiger partial charge < -0.3 is 0 Å². The van der Waals surface area contributed by atoms with Gasteiger partial charge in [0.2, 0.25) is 0 Å². The molecular formula is C12H9BrF2N2O. The normalized spacial score (nSPS) is 10.7. The quantitative estimate of drug-likeness (QED) is 0.799. The Balaban J connectivity index is 2.49. The smallest absolute Gasteiger partial charge is 0.267 e. The lowest BCUT2D eigenvalue weighted by Crippen LogP contribution is -2.24. The zero-order valence-electron chi connectivity index (χ0n) is 9.45. The van der Waals surface area contributed by atoms with Crippen molar-refractivity contribution in [1.82, 2.24) is 9.78 Å². The van der Waals surface area contributed by atoms with Gasteiger partial charge in [0, 0.05) is 11.6 Å². The largest absolute Gasteiger partial charge is 0.268 e. The fraction of sp³-hybridized carbons (Fsp3) is 0.167. The van der Waals surface area contributed by atoms with Crippen molar-refractivity contribution in [2.24, 2.45) is 0 Å². The van der Waals surface area contributed by atoms with E-state index in [1.165, 1.54) is 12.1 Å². The van der Waals surface area contributed by atoms with Crippen LogP contribution in [0, 0.1) is 18.6 Å². The number of benzene rings is 1. The summed E-state index contributed by atoms with van der Waals surface area (Å²) in [6.45, 7) is 1.46. The number of aryl methyl sites for hydroxylation is 1. The van der Waals surface area contributed by atoms with Gasteiger partial charge in [-0.1, -0.05) is 0 Å². The van der Waals surface area contributed by atoms with E-state index in [9.17, 15) is 13.6 Å². The Kier molecular flexibility index (Phi) is 3.56. The zero-order chi connectivity index (χ0) is 13.3.